The molecule has 7 heteroatoms. The van der Waals surface area contributed by atoms with Gasteiger partial charge in [-0.15, -0.1) is 0 Å². The number of nitrogens with zero attached hydrogens (tertiary/aromatic N) is 2. The van der Waals surface area contributed by atoms with Crippen molar-refractivity contribution >= 4 is 17.7 Å². The molecule has 1 saturated heterocycles. The number of nitrogens with one attached hydrogen (secondary N) is 1. The Bertz CT molecular complexity index is 710. The summed E-state index contributed by atoms with van der Waals surface area (Å²) < 4.78 is 10.1. The molecule has 26 heavy (non-hydrogen) atoms. The number of hydrogen-bond donors (Lipinski definition) is 1. The number of benzene rings is 1. The molecule has 0 unspecified atom stereocenters. The molecule has 0 aliphatic carbocycles. The van der Waals surface area contributed by atoms with Gasteiger partial charge in [0.05, 0.1) is 30.0 Å². The number of anilines is 1. The molecule has 1 amide bonds. The molecule has 2 rings (SSSR count). The molecule has 0 atom stereocenters. The number of carbonyl (C=O) groups excluding carboxylic acids is 2. The van der Waals surface area contributed by atoms with E-state index < -0.39 is 17.7 Å². The van der Waals surface area contributed by atoms with Crippen molar-refractivity contribution in [3.8, 4) is 6.07 Å². The molecule has 1 aliphatic heterocycles. The summed E-state index contributed by atoms with van der Waals surface area (Å²) in [4.78, 5) is 26.0. The maximum absolute atomic E-state index is 12.0. The van der Waals surface area contributed by atoms with Crippen molar-refractivity contribution in [2.75, 3.05) is 25.1 Å². The summed E-state index contributed by atoms with van der Waals surface area (Å²) in [6.07, 6.45) is 1.02. The standard InChI is InChI=1S/C19H25N3O4/c1-19(2,3)26-18(24)21-14-7-9-22(10-8-14)16-11-13(12-20)5-6-15(16)17(23)25-4/h5-6,11,14H,7-10H2,1-4H3,(H,21,24). The monoisotopic (exact) mass is 359 g/mol. The lowest BCUT2D eigenvalue weighted by Gasteiger charge is -2.35. The fourth-order valence-electron chi connectivity index (χ4n) is 2.88. The molecule has 1 aromatic rings. The Morgan fingerprint density at radius 1 is 1.27 bits per heavy atom. The SMILES string of the molecule is COC(=O)c1ccc(C#N)cc1N1CCC(NC(=O)OC(C)(C)C)CC1. The summed E-state index contributed by atoms with van der Waals surface area (Å²) in [5.74, 6) is -0.432. The lowest BCUT2D eigenvalue weighted by atomic mass is 10.0. The smallest absolute Gasteiger partial charge is 0.407 e. The van der Waals surface area contributed by atoms with Crippen LogP contribution in [0.1, 0.15) is 49.5 Å². The van der Waals surface area contributed by atoms with E-state index in [1.54, 1.807) is 18.2 Å². The minimum absolute atomic E-state index is 0.0156. The van der Waals surface area contributed by atoms with Crippen LogP contribution in [-0.4, -0.2) is 43.9 Å². The molecular weight excluding hydrogens is 334 g/mol. The average molecular weight is 359 g/mol. The highest BCUT2D eigenvalue weighted by Crippen LogP contribution is 2.26. The highest BCUT2D eigenvalue weighted by atomic mass is 16.6. The molecular formula is C19H25N3O4. The van der Waals surface area contributed by atoms with Crippen molar-refractivity contribution < 1.29 is 19.1 Å². The van der Waals surface area contributed by atoms with Crippen LogP contribution in [0.4, 0.5) is 10.5 Å². The lowest BCUT2D eigenvalue weighted by Crippen LogP contribution is -2.46. The van der Waals surface area contributed by atoms with Crippen molar-refractivity contribution in [2.24, 2.45) is 0 Å². The number of piperidine rings is 1. The fraction of sp³-hybridized carbons (Fsp3) is 0.526. The first-order chi connectivity index (χ1) is 12.2. The van der Waals surface area contributed by atoms with E-state index in [2.05, 4.69) is 11.4 Å². The second kappa shape index (κ2) is 8.09. The molecule has 1 heterocycles. The predicted molar refractivity (Wildman–Crippen MR) is 97.1 cm³/mol. The number of methoxy groups -OCH3 is 1. The summed E-state index contributed by atoms with van der Waals surface area (Å²) in [7, 11) is 1.33. The van der Waals surface area contributed by atoms with Gasteiger partial charge in [0.25, 0.3) is 0 Å². The Balaban J connectivity index is 2.04. The van der Waals surface area contributed by atoms with Gasteiger partial charge in [0, 0.05) is 19.1 Å². The fourth-order valence-corrected chi connectivity index (χ4v) is 2.88. The Kier molecular flexibility index (Phi) is 6.09. The van der Waals surface area contributed by atoms with E-state index in [0.29, 0.717) is 29.9 Å². The summed E-state index contributed by atoms with van der Waals surface area (Å²) >= 11 is 0. The second-order valence-corrected chi connectivity index (χ2v) is 7.24. The first kappa shape index (κ1) is 19.6. The van der Waals surface area contributed by atoms with E-state index in [1.807, 2.05) is 25.7 Å². The number of esters is 1. The molecule has 1 aliphatic rings. The van der Waals surface area contributed by atoms with Crippen molar-refractivity contribution in [3.05, 3.63) is 29.3 Å². The third kappa shape index (κ3) is 5.12. The van der Waals surface area contributed by atoms with Gasteiger partial charge < -0.3 is 19.7 Å². The van der Waals surface area contributed by atoms with E-state index in [1.165, 1.54) is 7.11 Å². The molecule has 1 aromatic carbocycles. The summed E-state index contributed by atoms with van der Waals surface area (Å²) in [6.45, 7) is 6.78. The normalized spacial score (nSPS) is 15.1. The molecule has 140 valence electrons. The first-order valence-corrected chi connectivity index (χ1v) is 8.60. The first-order valence-electron chi connectivity index (χ1n) is 8.60. The van der Waals surface area contributed by atoms with E-state index in [0.717, 1.165) is 12.8 Å². The second-order valence-electron chi connectivity index (χ2n) is 7.24. The zero-order chi connectivity index (χ0) is 19.3. The van der Waals surface area contributed by atoms with Crippen LogP contribution in [0.3, 0.4) is 0 Å². The minimum atomic E-state index is -0.530. The van der Waals surface area contributed by atoms with Crippen molar-refractivity contribution in [3.63, 3.8) is 0 Å². The third-order valence-electron chi connectivity index (χ3n) is 4.09. The maximum atomic E-state index is 12.0. The molecule has 0 radical (unpaired) electrons. The van der Waals surface area contributed by atoms with Gasteiger partial charge in [0.15, 0.2) is 0 Å². The van der Waals surface area contributed by atoms with Gasteiger partial charge in [-0.2, -0.15) is 5.26 Å². The number of hydrogen-bond acceptors (Lipinski definition) is 6. The van der Waals surface area contributed by atoms with E-state index >= 15 is 0 Å². The molecule has 0 saturated carbocycles. The number of ether oxygens (including phenoxy) is 2. The Morgan fingerprint density at radius 2 is 1.92 bits per heavy atom. The number of amides is 1. The molecule has 0 aromatic heterocycles. The minimum Gasteiger partial charge on any atom is -0.465 e. The number of alkyl carbamates (subject to hydrolysis) is 1. The summed E-state index contributed by atoms with van der Waals surface area (Å²) in [5, 5.41) is 12.0. The summed E-state index contributed by atoms with van der Waals surface area (Å²) in [6, 6.07) is 7.03. The molecule has 1 N–H and O–H groups in total. The van der Waals surface area contributed by atoms with E-state index in [-0.39, 0.29) is 6.04 Å². The molecule has 0 spiro atoms. The van der Waals surface area contributed by atoms with Crippen LogP contribution in [0.5, 0.6) is 0 Å². The Morgan fingerprint density at radius 3 is 2.46 bits per heavy atom. The topological polar surface area (TPSA) is 91.7 Å². The van der Waals surface area contributed by atoms with Gasteiger partial charge in [0.2, 0.25) is 0 Å². The number of rotatable bonds is 3. The zero-order valence-corrected chi connectivity index (χ0v) is 15.7. The van der Waals surface area contributed by atoms with Gasteiger partial charge in [-0.3, -0.25) is 0 Å². The van der Waals surface area contributed by atoms with Crippen molar-refractivity contribution in [1.29, 1.82) is 5.26 Å². The number of nitriles is 1. The van der Waals surface area contributed by atoms with Crippen LogP contribution in [0.2, 0.25) is 0 Å². The van der Waals surface area contributed by atoms with Crippen LogP contribution in [0, 0.1) is 11.3 Å². The largest absolute Gasteiger partial charge is 0.465 e. The predicted octanol–water partition coefficient (Wildman–Crippen LogP) is 2.84. The van der Waals surface area contributed by atoms with E-state index in [9.17, 15) is 9.59 Å². The highest BCUT2D eigenvalue weighted by molar-refractivity contribution is 5.96. The van der Waals surface area contributed by atoms with Gasteiger partial charge in [-0.1, -0.05) is 0 Å². The molecule has 1 fully saturated rings. The van der Waals surface area contributed by atoms with Gasteiger partial charge in [-0.05, 0) is 51.8 Å². The quantitative estimate of drug-likeness (QED) is 0.835. The highest BCUT2D eigenvalue weighted by Gasteiger charge is 2.26. The van der Waals surface area contributed by atoms with Gasteiger partial charge in [-0.25, -0.2) is 9.59 Å². The number of carbonyl (C=O) groups is 2. The summed E-state index contributed by atoms with van der Waals surface area (Å²) in [5.41, 5.74) is 1.08. The lowest BCUT2D eigenvalue weighted by molar-refractivity contribution is 0.0496. The maximum Gasteiger partial charge on any atom is 0.407 e. The van der Waals surface area contributed by atoms with Crippen molar-refractivity contribution in [2.45, 2.75) is 45.3 Å². The Labute approximate surface area is 153 Å². The van der Waals surface area contributed by atoms with E-state index in [4.69, 9.17) is 14.7 Å². The van der Waals surface area contributed by atoms with Crippen LogP contribution < -0.4 is 10.2 Å². The van der Waals surface area contributed by atoms with Crippen LogP contribution in [0.15, 0.2) is 18.2 Å². The van der Waals surface area contributed by atoms with Crippen molar-refractivity contribution in [1.82, 2.24) is 5.32 Å². The van der Waals surface area contributed by atoms with Crippen LogP contribution >= 0.6 is 0 Å². The zero-order valence-electron chi connectivity index (χ0n) is 15.7. The molecule has 0 bridgehead atoms. The van der Waals surface area contributed by atoms with Crippen LogP contribution in [0.25, 0.3) is 0 Å². The third-order valence-corrected chi connectivity index (χ3v) is 4.09. The average Bonchev–Trinajstić information content (AvgIpc) is 2.59. The van der Waals surface area contributed by atoms with Gasteiger partial charge in [0.1, 0.15) is 5.60 Å². The van der Waals surface area contributed by atoms with Gasteiger partial charge >= 0.3 is 12.1 Å². The van der Waals surface area contributed by atoms with Crippen LogP contribution in [-0.2, 0) is 9.47 Å². The Hall–Kier alpha value is -2.75. The molecule has 7 nitrogen and oxygen atoms in total.